The lowest BCUT2D eigenvalue weighted by molar-refractivity contribution is 0.0691. The molecule has 0 saturated carbocycles. The van der Waals surface area contributed by atoms with Gasteiger partial charge in [0.2, 0.25) is 5.82 Å². The predicted octanol–water partition coefficient (Wildman–Crippen LogP) is 2.06. The highest BCUT2D eigenvalue weighted by molar-refractivity contribution is 5.95. The van der Waals surface area contributed by atoms with E-state index in [9.17, 15) is 18.0 Å². The molecule has 1 fully saturated rings. The van der Waals surface area contributed by atoms with E-state index in [0.717, 1.165) is 12.8 Å². The van der Waals surface area contributed by atoms with E-state index in [-0.39, 0.29) is 18.4 Å². The molecule has 1 amide bonds. The van der Waals surface area contributed by atoms with Gasteiger partial charge in [-0.25, -0.2) is 8.78 Å². The van der Waals surface area contributed by atoms with Gasteiger partial charge in [0, 0.05) is 19.1 Å². The van der Waals surface area contributed by atoms with E-state index in [1.807, 2.05) is 0 Å². The lowest BCUT2D eigenvalue weighted by Gasteiger charge is -2.32. The van der Waals surface area contributed by atoms with E-state index in [2.05, 4.69) is 5.32 Å². The van der Waals surface area contributed by atoms with Crippen LogP contribution in [0.4, 0.5) is 13.2 Å². The number of halogens is 4. The average molecular weight is 325 g/mol. The minimum atomic E-state index is -1.69. The van der Waals surface area contributed by atoms with Crippen LogP contribution in [0.5, 0.6) is 5.75 Å². The van der Waals surface area contributed by atoms with Crippen molar-refractivity contribution >= 4 is 18.3 Å². The molecule has 118 valence electrons. The number of nitrogens with one attached hydrogen (secondary N) is 1. The molecule has 4 nitrogen and oxygen atoms in total. The van der Waals surface area contributed by atoms with Crippen molar-refractivity contribution in [1.29, 1.82) is 0 Å². The van der Waals surface area contributed by atoms with Crippen LogP contribution in [0.3, 0.4) is 0 Å². The summed E-state index contributed by atoms with van der Waals surface area (Å²) >= 11 is 0. The lowest BCUT2D eigenvalue weighted by Crippen LogP contribution is -2.47. The topological polar surface area (TPSA) is 52.6 Å². The van der Waals surface area contributed by atoms with Gasteiger partial charge < -0.3 is 15.3 Å². The predicted molar refractivity (Wildman–Crippen MR) is 73.2 cm³/mol. The van der Waals surface area contributed by atoms with Crippen LogP contribution < -0.4 is 5.32 Å². The van der Waals surface area contributed by atoms with Crippen molar-refractivity contribution in [3.8, 4) is 5.75 Å². The Morgan fingerprint density at radius 1 is 1.38 bits per heavy atom. The molecule has 0 spiro atoms. The number of amides is 1. The molecule has 1 atom stereocenters. The van der Waals surface area contributed by atoms with Gasteiger partial charge in [-0.2, -0.15) is 4.39 Å². The van der Waals surface area contributed by atoms with Crippen molar-refractivity contribution in [2.45, 2.75) is 18.9 Å². The van der Waals surface area contributed by atoms with E-state index < -0.39 is 34.7 Å². The Morgan fingerprint density at radius 3 is 2.67 bits per heavy atom. The number of likely N-dealkylation sites (N-methyl/N-ethyl adjacent to an activating group) is 1. The third kappa shape index (κ3) is 3.41. The van der Waals surface area contributed by atoms with Crippen molar-refractivity contribution in [2.75, 3.05) is 20.1 Å². The SMILES string of the molecule is CNC1CCCN(C(=O)c2cc(F)c(F)c(O)c2F)C1.Cl. The van der Waals surface area contributed by atoms with E-state index in [4.69, 9.17) is 5.11 Å². The smallest absolute Gasteiger partial charge is 0.257 e. The quantitative estimate of drug-likeness (QED) is 0.819. The van der Waals surface area contributed by atoms with E-state index >= 15 is 0 Å². The van der Waals surface area contributed by atoms with Crippen LogP contribution in [-0.2, 0) is 0 Å². The fourth-order valence-electron chi connectivity index (χ4n) is 2.31. The highest BCUT2D eigenvalue weighted by atomic mass is 35.5. The van der Waals surface area contributed by atoms with Crippen molar-refractivity contribution in [3.05, 3.63) is 29.1 Å². The Balaban J connectivity index is 0.00000220. The number of hydrogen-bond donors (Lipinski definition) is 2. The molecule has 0 aliphatic carbocycles. The standard InChI is InChI=1S/C13H15F3N2O2.ClH/c1-17-7-3-2-4-18(6-7)13(20)8-5-9(14)11(16)12(19)10(8)15;/h5,7,17,19H,2-4,6H2,1H3;1H. The molecule has 0 radical (unpaired) electrons. The van der Waals surface area contributed by atoms with Crippen LogP contribution in [0.25, 0.3) is 0 Å². The van der Waals surface area contributed by atoms with Gasteiger partial charge in [-0.1, -0.05) is 0 Å². The van der Waals surface area contributed by atoms with Crippen LogP contribution in [0.15, 0.2) is 6.07 Å². The number of phenolic OH excluding ortho intramolecular Hbond substituents is 1. The first-order chi connectivity index (χ1) is 9.45. The summed E-state index contributed by atoms with van der Waals surface area (Å²) in [4.78, 5) is 13.5. The van der Waals surface area contributed by atoms with E-state index in [0.29, 0.717) is 19.2 Å². The van der Waals surface area contributed by atoms with Crippen LogP contribution in [0, 0.1) is 17.5 Å². The molecular weight excluding hydrogens is 309 g/mol. The first kappa shape index (κ1) is 17.6. The highest BCUT2D eigenvalue weighted by Gasteiger charge is 2.28. The maximum Gasteiger partial charge on any atom is 0.257 e. The third-order valence-corrected chi connectivity index (χ3v) is 3.48. The second-order valence-electron chi connectivity index (χ2n) is 4.76. The Kier molecular flexibility index (Phi) is 5.86. The van der Waals surface area contributed by atoms with Crippen molar-refractivity contribution < 1.29 is 23.1 Å². The first-order valence-corrected chi connectivity index (χ1v) is 6.28. The Bertz CT molecular complexity index is 543. The second kappa shape index (κ2) is 7.00. The number of rotatable bonds is 2. The lowest BCUT2D eigenvalue weighted by atomic mass is 10.0. The molecule has 1 heterocycles. The summed E-state index contributed by atoms with van der Waals surface area (Å²) in [6.07, 6.45) is 1.61. The maximum atomic E-state index is 13.7. The number of likely N-dealkylation sites (tertiary alicyclic amines) is 1. The number of benzene rings is 1. The summed E-state index contributed by atoms with van der Waals surface area (Å²) in [7, 11) is 1.75. The van der Waals surface area contributed by atoms with Gasteiger partial charge >= 0.3 is 0 Å². The molecule has 0 aromatic heterocycles. The highest BCUT2D eigenvalue weighted by Crippen LogP contribution is 2.27. The van der Waals surface area contributed by atoms with Crippen molar-refractivity contribution in [2.24, 2.45) is 0 Å². The fraction of sp³-hybridized carbons (Fsp3) is 0.462. The Morgan fingerprint density at radius 2 is 2.05 bits per heavy atom. The van der Waals surface area contributed by atoms with Gasteiger partial charge in [-0.05, 0) is 26.0 Å². The number of hydrogen-bond acceptors (Lipinski definition) is 3. The minimum absolute atomic E-state index is 0. The van der Waals surface area contributed by atoms with Gasteiger partial charge in [0.15, 0.2) is 17.4 Å². The molecule has 0 bridgehead atoms. The summed E-state index contributed by atoms with van der Waals surface area (Å²) in [6.45, 7) is 0.769. The number of carbonyl (C=O) groups is 1. The molecule has 1 aliphatic rings. The van der Waals surface area contributed by atoms with Gasteiger partial charge in [0.1, 0.15) is 0 Å². The molecule has 8 heteroatoms. The molecular formula is C13H16ClF3N2O2. The summed E-state index contributed by atoms with van der Waals surface area (Å²) in [5.74, 6) is -6.78. The van der Waals surface area contributed by atoms with Crippen LogP contribution in [0.1, 0.15) is 23.2 Å². The van der Waals surface area contributed by atoms with Crippen LogP contribution in [-0.4, -0.2) is 42.1 Å². The molecule has 21 heavy (non-hydrogen) atoms. The molecule has 2 rings (SSSR count). The zero-order valence-electron chi connectivity index (χ0n) is 11.3. The number of piperidine rings is 1. The van der Waals surface area contributed by atoms with Crippen LogP contribution in [0.2, 0.25) is 0 Å². The minimum Gasteiger partial charge on any atom is -0.503 e. The number of aromatic hydroxyl groups is 1. The summed E-state index contributed by atoms with van der Waals surface area (Å²) in [5.41, 5.74) is -0.654. The number of phenols is 1. The maximum absolute atomic E-state index is 13.7. The molecule has 1 aromatic rings. The molecule has 1 aromatic carbocycles. The van der Waals surface area contributed by atoms with Gasteiger partial charge in [-0.15, -0.1) is 12.4 Å². The first-order valence-electron chi connectivity index (χ1n) is 6.28. The van der Waals surface area contributed by atoms with Crippen LogP contribution >= 0.6 is 12.4 Å². The third-order valence-electron chi connectivity index (χ3n) is 3.48. The number of carbonyl (C=O) groups excluding carboxylic acids is 1. The molecule has 1 unspecified atom stereocenters. The molecule has 1 saturated heterocycles. The zero-order chi connectivity index (χ0) is 14.9. The monoisotopic (exact) mass is 324 g/mol. The van der Waals surface area contributed by atoms with E-state index in [1.54, 1.807) is 7.05 Å². The summed E-state index contributed by atoms with van der Waals surface area (Å²) < 4.78 is 39.9. The number of nitrogens with zero attached hydrogens (tertiary/aromatic N) is 1. The Hall–Kier alpha value is -1.47. The van der Waals surface area contributed by atoms with Gasteiger partial charge in [-0.3, -0.25) is 4.79 Å². The fourth-order valence-corrected chi connectivity index (χ4v) is 2.31. The summed E-state index contributed by atoms with van der Waals surface area (Å²) in [5, 5.41) is 12.2. The van der Waals surface area contributed by atoms with Crippen molar-refractivity contribution in [3.63, 3.8) is 0 Å². The molecule has 1 aliphatic heterocycles. The Labute approximate surface area is 126 Å². The zero-order valence-corrected chi connectivity index (χ0v) is 12.1. The normalized spacial score (nSPS) is 18.3. The van der Waals surface area contributed by atoms with Gasteiger partial charge in [0.05, 0.1) is 5.56 Å². The molecule has 2 N–H and O–H groups in total. The second-order valence-corrected chi connectivity index (χ2v) is 4.76. The average Bonchev–Trinajstić information content (AvgIpc) is 2.48. The van der Waals surface area contributed by atoms with Crippen molar-refractivity contribution in [1.82, 2.24) is 10.2 Å². The van der Waals surface area contributed by atoms with Gasteiger partial charge in [0.25, 0.3) is 5.91 Å². The van der Waals surface area contributed by atoms with E-state index in [1.165, 1.54) is 4.90 Å². The summed E-state index contributed by atoms with van der Waals surface area (Å²) in [6, 6.07) is 0.560. The largest absolute Gasteiger partial charge is 0.503 e.